The summed E-state index contributed by atoms with van der Waals surface area (Å²) in [5.41, 5.74) is 7.55. The van der Waals surface area contributed by atoms with Gasteiger partial charge < -0.3 is 10.5 Å². The van der Waals surface area contributed by atoms with Crippen molar-refractivity contribution in [1.29, 1.82) is 0 Å². The quantitative estimate of drug-likeness (QED) is 0.643. The number of hydrogen-bond donors (Lipinski definition) is 1. The molecule has 0 spiro atoms. The summed E-state index contributed by atoms with van der Waals surface area (Å²) in [6.07, 6.45) is 8.57. The molecule has 0 aliphatic heterocycles. The summed E-state index contributed by atoms with van der Waals surface area (Å²) in [7, 11) is 0. The van der Waals surface area contributed by atoms with Gasteiger partial charge in [0.2, 0.25) is 5.88 Å². The Balaban J connectivity index is 1.67. The molecule has 0 saturated heterocycles. The molecule has 0 radical (unpaired) electrons. The summed E-state index contributed by atoms with van der Waals surface area (Å²) < 4.78 is 6.28. The van der Waals surface area contributed by atoms with Crippen LogP contribution in [0, 0.1) is 37.0 Å². The summed E-state index contributed by atoms with van der Waals surface area (Å²) in [6, 6.07) is 0. The van der Waals surface area contributed by atoms with E-state index in [9.17, 15) is 4.79 Å². The zero-order valence-corrected chi connectivity index (χ0v) is 16.1. The predicted molar refractivity (Wildman–Crippen MR) is 97.5 cm³/mol. The molecule has 2 N–H and O–H groups in total. The molecule has 4 aliphatic carbocycles. The molecule has 1 heterocycles. The van der Waals surface area contributed by atoms with Crippen LogP contribution in [0.4, 0.5) is 0 Å². The van der Waals surface area contributed by atoms with E-state index in [1.54, 1.807) is 0 Å². The lowest BCUT2D eigenvalue weighted by atomic mass is 9.48. The molecule has 4 bridgehead atoms. The summed E-state index contributed by atoms with van der Waals surface area (Å²) in [6.45, 7) is 3.90. The van der Waals surface area contributed by atoms with Gasteiger partial charge >= 0.3 is 0 Å². The van der Waals surface area contributed by atoms with Gasteiger partial charge in [-0.2, -0.15) is 4.98 Å². The van der Waals surface area contributed by atoms with E-state index in [4.69, 9.17) is 10.5 Å². The monoisotopic (exact) mass is 361 g/mol. The summed E-state index contributed by atoms with van der Waals surface area (Å²) in [4.78, 5) is 21.4. The van der Waals surface area contributed by atoms with Crippen LogP contribution in [0.1, 0.15) is 49.8 Å². The minimum atomic E-state index is -0.580. The molecular formula is C19H27N3O2S. The number of aryl methyl sites for hydroxylation is 1. The van der Waals surface area contributed by atoms with E-state index in [2.05, 4.69) is 9.97 Å². The van der Waals surface area contributed by atoms with Crippen LogP contribution in [0.25, 0.3) is 0 Å². The number of rotatable bonds is 5. The van der Waals surface area contributed by atoms with Gasteiger partial charge in [-0.05, 0) is 76.4 Å². The molecule has 1 atom stereocenters. The van der Waals surface area contributed by atoms with E-state index in [1.165, 1.54) is 31.0 Å². The largest absolute Gasteiger partial charge is 0.463 e. The van der Waals surface area contributed by atoms with Gasteiger partial charge in [0.1, 0.15) is 0 Å². The maximum Gasteiger partial charge on any atom is 0.259 e. The first-order valence-corrected chi connectivity index (χ1v) is 10.5. The normalized spacial score (nSPS) is 34.1. The van der Waals surface area contributed by atoms with Crippen molar-refractivity contribution >= 4 is 17.7 Å². The fraction of sp³-hybridized carbons (Fsp3) is 0.737. The van der Waals surface area contributed by atoms with E-state index in [-0.39, 0.29) is 11.3 Å². The van der Waals surface area contributed by atoms with Crippen molar-refractivity contribution in [1.82, 2.24) is 9.97 Å². The Morgan fingerprint density at radius 3 is 2.20 bits per heavy atom. The highest BCUT2D eigenvalue weighted by Crippen LogP contribution is 2.61. The van der Waals surface area contributed by atoms with E-state index < -0.39 is 6.10 Å². The number of hydrogen-bond acceptors (Lipinski definition) is 5. The molecule has 0 aromatic carbocycles. The fourth-order valence-corrected chi connectivity index (χ4v) is 6.28. The lowest BCUT2D eigenvalue weighted by Gasteiger charge is -2.58. The molecule has 1 aromatic heterocycles. The number of thioether (sulfide) groups is 1. The maximum atomic E-state index is 12.4. The van der Waals surface area contributed by atoms with E-state index in [0.717, 1.165) is 48.3 Å². The number of ether oxygens (including phenoxy) is 1. The second-order valence-electron chi connectivity index (χ2n) is 8.41. The Labute approximate surface area is 153 Å². The van der Waals surface area contributed by atoms with Gasteiger partial charge in [0.25, 0.3) is 5.91 Å². The van der Waals surface area contributed by atoms with E-state index >= 15 is 0 Å². The Bertz CT molecular complexity index is 671. The second kappa shape index (κ2) is 6.15. The first-order chi connectivity index (χ1) is 11.9. The van der Waals surface area contributed by atoms with Crippen LogP contribution in [0.2, 0.25) is 0 Å². The molecule has 1 amide bonds. The highest BCUT2D eigenvalue weighted by Gasteiger charge is 2.57. The molecule has 25 heavy (non-hydrogen) atoms. The first kappa shape index (κ1) is 17.1. The molecule has 6 heteroatoms. The van der Waals surface area contributed by atoms with Gasteiger partial charge in [-0.1, -0.05) is 11.8 Å². The standard InChI is InChI=1S/C19H27N3O2S/c1-10-11(2)21-18(25-3)22-17(10)24-15(16(20)23)19-7-12-4-13(8-19)6-14(5-12)9-19/h12-15H,4-9H2,1-3H3,(H2,20,23). The number of carbonyl (C=O) groups excluding carboxylic acids is 1. The average molecular weight is 362 g/mol. The third-order valence-corrected chi connectivity index (χ3v) is 7.18. The predicted octanol–water partition coefficient (Wildman–Crippen LogP) is 3.26. The number of primary amides is 1. The van der Waals surface area contributed by atoms with Crippen molar-refractivity contribution in [2.24, 2.45) is 28.9 Å². The Morgan fingerprint density at radius 2 is 1.72 bits per heavy atom. The van der Waals surface area contributed by atoms with Crippen molar-refractivity contribution in [3.05, 3.63) is 11.3 Å². The smallest absolute Gasteiger partial charge is 0.259 e. The number of nitrogens with two attached hydrogens (primary N) is 1. The highest BCUT2D eigenvalue weighted by molar-refractivity contribution is 7.98. The van der Waals surface area contributed by atoms with E-state index in [1.807, 2.05) is 20.1 Å². The van der Waals surface area contributed by atoms with Gasteiger partial charge in [0.05, 0.1) is 0 Å². The fourth-order valence-electron chi connectivity index (χ4n) is 5.88. The first-order valence-electron chi connectivity index (χ1n) is 9.25. The van der Waals surface area contributed by atoms with Crippen LogP contribution in [0.5, 0.6) is 5.88 Å². The lowest BCUT2D eigenvalue weighted by molar-refractivity contribution is -0.148. The van der Waals surface area contributed by atoms with Crippen molar-refractivity contribution in [3.63, 3.8) is 0 Å². The van der Waals surface area contributed by atoms with Gasteiger partial charge in [0.15, 0.2) is 11.3 Å². The number of nitrogens with zero attached hydrogens (tertiary/aromatic N) is 2. The maximum absolute atomic E-state index is 12.4. The molecule has 4 aliphatic rings. The molecular weight excluding hydrogens is 334 g/mol. The van der Waals surface area contributed by atoms with E-state index in [0.29, 0.717) is 11.0 Å². The van der Waals surface area contributed by atoms with Crippen molar-refractivity contribution in [2.45, 2.75) is 63.6 Å². The zero-order chi connectivity index (χ0) is 17.8. The summed E-state index contributed by atoms with van der Waals surface area (Å²) in [5, 5.41) is 0.673. The Kier molecular flexibility index (Phi) is 4.21. The molecule has 1 unspecified atom stereocenters. The highest BCUT2D eigenvalue weighted by atomic mass is 32.2. The summed E-state index contributed by atoms with van der Waals surface area (Å²) in [5.74, 6) is 2.41. The molecule has 5 nitrogen and oxygen atoms in total. The minimum absolute atomic E-state index is 0.0919. The van der Waals surface area contributed by atoms with Crippen LogP contribution in [-0.2, 0) is 4.79 Å². The zero-order valence-electron chi connectivity index (χ0n) is 15.2. The number of carbonyl (C=O) groups is 1. The molecule has 1 aromatic rings. The Morgan fingerprint density at radius 1 is 1.16 bits per heavy atom. The third kappa shape index (κ3) is 2.92. The van der Waals surface area contributed by atoms with Gasteiger partial charge in [-0.3, -0.25) is 4.79 Å². The second-order valence-corrected chi connectivity index (χ2v) is 9.18. The minimum Gasteiger partial charge on any atom is -0.463 e. The molecule has 136 valence electrons. The number of amides is 1. The topological polar surface area (TPSA) is 78.1 Å². The SMILES string of the molecule is CSc1nc(C)c(C)c(OC(C(N)=O)C23CC4CC(CC(C4)C2)C3)n1. The van der Waals surface area contributed by atoms with Crippen LogP contribution in [0.15, 0.2) is 5.16 Å². The number of aromatic nitrogens is 2. The lowest BCUT2D eigenvalue weighted by Crippen LogP contribution is -2.57. The average Bonchev–Trinajstić information content (AvgIpc) is 2.54. The summed E-state index contributed by atoms with van der Waals surface area (Å²) >= 11 is 1.48. The molecule has 4 saturated carbocycles. The van der Waals surface area contributed by atoms with Gasteiger partial charge in [-0.15, -0.1) is 0 Å². The molecule has 4 fully saturated rings. The van der Waals surface area contributed by atoms with Crippen LogP contribution < -0.4 is 10.5 Å². The molecule has 5 rings (SSSR count). The van der Waals surface area contributed by atoms with Crippen molar-refractivity contribution in [2.75, 3.05) is 6.26 Å². The van der Waals surface area contributed by atoms with Crippen LogP contribution in [0.3, 0.4) is 0 Å². The van der Waals surface area contributed by atoms with Crippen molar-refractivity contribution < 1.29 is 9.53 Å². The van der Waals surface area contributed by atoms with Gasteiger partial charge in [0, 0.05) is 16.7 Å². The Hall–Kier alpha value is -1.30. The van der Waals surface area contributed by atoms with Crippen LogP contribution >= 0.6 is 11.8 Å². The van der Waals surface area contributed by atoms with Crippen molar-refractivity contribution in [3.8, 4) is 5.88 Å². The third-order valence-electron chi connectivity index (χ3n) is 6.64. The van der Waals surface area contributed by atoms with Gasteiger partial charge in [-0.25, -0.2) is 4.98 Å². The van der Waals surface area contributed by atoms with Crippen LogP contribution in [-0.4, -0.2) is 28.2 Å².